The summed E-state index contributed by atoms with van der Waals surface area (Å²) in [4.78, 5) is 0. The van der Waals surface area contributed by atoms with E-state index in [0.29, 0.717) is 35.4 Å². The lowest BCUT2D eigenvalue weighted by atomic mass is 10.2. The fourth-order valence-corrected chi connectivity index (χ4v) is 1.92. The largest absolute Gasteiger partial charge is 0.486 e. The summed E-state index contributed by atoms with van der Waals surface area (Å²) in [6, 6.07) is 5.30. The molecule has 1 saturated heterocycles. The first kappa shape index (κ1) is 11.8. The van der Waals surface area contributed by atoms with Gasteiger partial charge in [-0.2, -0.15) is 0 Å². The molecular weight excluding hydrogens is 276 g/mol. The molecule has 0 spiro atoms. The molecule has 0 aliphatic carbocycles. The molecule has 7 heteroatoms. The fourth-order valence-electron chi connectivity index (χ4n) is 1.54. The topological polar surface area (TPSA) is 57.4 Å². The van der Waals surface area contributed by atoms with Crippen molar-refractivity contribution in [2.24, 2.45) is 0 Å². The molecule has 94 valence electrons. The zero-order valence-corrected chi connectivity index (χ0v) is 10.8. The van der Waals surface area contributed by atoms with E-state index < -0.39 is 0 Å². The summed E-state index contributed by atoms with van der Waals surface area (Å²) >= 11 is 10.1. The highest BCUT2D eigenvalue weighted by atomic mass is 35.5. The summed E-state index contributed by atoms with van der Waals surface area (Å²) in [6.45, 7) is 1.23. The Hall–Kier alpha value is -1.24. The number of hydrogen-bond acceptors (Lipinski definition) is 6. The SMILES string of the molecule is Sc1nnc(-c2ccc(OC3COC3)cc2Cl)o1. The highest BCUT2D eigenvalue weighted by molar-refractivity contribution is 7.80. The van der Waals surface area contributed by atoms with Gasteiger partial charge in [0.05, 0.1) is 23.8 Å². The molecule has 1 aliphatic rings. The molecule has 0 radical (unpaired) electrons. The van der Waals surface area contributed by atoms with Crippen molar-refractivity contribution in [1.82, 2.24) is 10.2 Å². The van der Waals surface area contributed by atoms with Crippen LogP contribution in [0.5, 0.6) is 5.75 Å². The molecule has 1 aromatic carbocycles. The van der Waals surface area contributed by atoms with Gasteiger partial charge in [-0.15, -0.1) is 10.2 Å². The van der Waals surface area contributed by atoms with Crippen LogP contribution >= 0.6 is 24.2 Å². The van der Waals surface area contributed by atoms with Crippen LogP contribution in [0.1, 0.15) is 0 Å². The van der Waals surface area contributed by atoms with Gasteiger partial charge in [-0.05, 0) is 18.2 Å². The quantitative estimate of drug-likeness (QED) is 0.878. The Kier molecular flexibility index (Phi) is 3.15. The van der Waals surface area contributed by atoms with Gasteiger partial charge in [-0.1, -0.05) is 24.2 Å². The highest BCUT2D eigenvalue weighted by Crippen LogP contribution is 2.31. The summed E-state index contributed by atoms with van der Waals surface area (Å²) in [5.41, 5.74) is 0.654. The normalized spacial score (nSPS) is 15.4. The van der Waals surface area contributed by atoms with Crippen molar-refractivity contribution < 1.29 is 13.9 Å². The third-order valence-electron chi connectivity index (χ3n) is 2.50. The number of thiol groups is 1. The van der Waals surface area contributed by atoms with Crippen LogP contribution in [0.25, 0.3) is 11.5 Å². The maximum absolute atomic E-state index is 6.15. The Morgan fingerprint density at radius 2 is 2.17 bits per heavy atom. The first-order valence-corrected chi connectivity index (χ1v) is 6.11. The molecule has 0 saturated carbocycles. The van der Waals surface area contributed by atoms with Gasteiger partial charge in [-0.3, -0.25) is 0 Å². The molecule has 18 heavy (non-hydrogen) atoms. The minimum Gasteiger partial charge on any atom is -0.486 e. The number of hydrogen-bond donors (Lipinski definition) is 1. The van der Waals surface area contributed by atoms with Crippen molar-refractivity contribution in [2.75, 3.05) is 13.2 Å². The van der Waals surface area contributed by atoms with Gasteiger partial charge >= 0.3 is 0 Å². The molecule has 2 heterocycles. The van der Waals surface area contributed by atoms with Gasteiger partial charge in [0.1, 0.15) is 11.9 Å². The molecule has 0 atom stereocenters. The molecule has 0 bridgehead atoms. The van der Waals surface area contributed by atoms with Crippen molar-refractivity contribution in [2.45, 2.75) is 11.3 Å². The van der Waals surface area contributed by atoms with E-state index in [2.05, 4.69) is 22.8 Å². The van der Waals surface area contributed by atoms with Gasteiger partial charge in [0.25, 0.3) is 5.22 Å². The molecule has 0 unspecified atom stereocenters. The lowest BCUT2D eigenvalue weighted by Crippen LogP contribution is -2.38. The van der Waals surface area contributed by atoms with Crippen molar-refractivity contribution in [3.8, 4) is 17.2 Å². The second-order valence-electron chi connectivity index (χ2n) is 3.81. The molecule has 1 aromatic heterocycles. The summed E-state index contributed by atoms with van der Waals surface area (Å²) in [7, 11) is 0. The summed E-state index contributed by atoms with van der Waals surface area (Å²) < 4.78 is 15.9. The van der Waals surface area contributed by atoms with E-state index in [9.17, 15) is 0 Å². The van der Waals surface area contributed by atoms with Crippen molar-refractivity contribution in [1.29, 1.82) is 0 Å². The minimum atomic E-state index is 0.111. The third kappa shape index (κ3) is 2.31. The van der Waals surface area contributed by atoms with Crippen LogP contribution in [0.2, 0.25) is 5.02 Å². The first-order valence-electron chi connectivity index (χ1n) is 5.29. The maximum atomic E-state index is 6.15. The number of halogens is 1. The number of aromatic nitrogens is 2. The molecule has 0 amide bonds. The lowest BCUT2D eigenvalue weighted by molar-refractivity contribution is -0.0796. The second kappa shape index (κ2) is 4.79. The van der Waals surface area contributed by atoms with E-state index in [4.69, 9.17) is 25.5 Å². The third-order valence-corrected chi connectivity index (χ3v) is 2.99. The van der Waals surface area contributed by atoms with Gasteiger partial charge < -0.3 is 13.9 Å². The Balaban J connectivity index is 1.84. The predicted octanol–water partition coefficient (Wildman–Crippen LogP) is 2.46. The predicted molar refractivity (Wildman–Crippen MR) is 67.2 cm³/mol. The van der Waals surface area contributed by atoms with E-state index in [-0.39, 0.29) is 11.3 Å². The van der Waals surface area contributed by atoms with Gasteiger partial charge in [0.15, 0.2) is 0 Å². The number of ether oxygens (including phenoxy) is 2. The smallest absolute Gasteiger partial charge is 0.273 e. The monoisotopic (exact) mass is 284 g/mol. The van der Waals surface area contributed by atoms with Crippen LogP contribution in [-0.4, -0.2) is 29.5 Å². The van der Waals surface area contributed by atoms with Crippen molar-refractivity contribution in [3.63, 3.8) is 0 Å². The number of benzene rings is 1. The summed E-state index contributed by atoms with van der Waals surface area (Å²) in [6.07, 6.45) is 0.111. The van der Waals surface area contributed by atoms with Crippen LogP contribution in [0, 0.1) is 0 Å². The molecule has 0 N–H and O–H groups in total. The molecule has 2 aromatic rings. The van der Waals surface area contributed by atoms with Crippen LogP contribution in [-0.2, 0) is 4.74 Å². The molecule has 5 nitrogen and oxygen atoms in total. The second-order valence-corrected chi connectivity index (χ2v) is 4.60. The van der Waals surface area contributed by atoms with Crippen LogP contribution in [0.15, 0.2) is 27.8 Å². The summed E-state index contributed by atoms with van der Waals surface area (Å²) in [5, 5.41) is 8.19. The van der Waals surface area contributed by atoms with Crippen molar-refractivity contribution in [3.05, 3.63) is 23.2 Å². The summed E-state index contributed by atoms with van der Waals surface area (Å²) in [5.74, 6) is 1.03. The molecule has 1 aliphatic heterocycles. The Bertz CT molecular complexity index is 571. The minimum absolute atomic E-state index is 0.111. The van der Waals surface area contributed by atoms with E-state index >= 15 is 0 Å². The fraction of sp³-hybridized carbons (Fsp3) is 0.273. The van der Waals surface area contributed by atoms with Gasteiger partial charge in [0, 0.05) is 0 Å². The zero-order chi connectivity index (χ0) is 12.5. The standard InChI is InChI=1S/C11H9ClN2O3S/c12-9-3-6(16-7-4-15-5-7)1-2-8(9)10-13-14-11(18)17-10/h1-3,7H,4-5H2,(H,14,18). The van der Waals surface area contributed by atoms with Crippen LogP contribution < -0.4 is 4.74 Å². The van der Waals surface area contributed by atoms with Gasteiger partial charge in [-0.25, -0.2) is 0 Å². The van der Waals surface area contributed by atoms with E-state index in [1.165, 1.54) is 0 Å². The first-order chi connectivity index (χ1) is 8.72. The average Bonchev–Trinajstić information content (AvgIpc) is 2.70. The molecule has 1 fully saturated rings. The number of nitrogens with zero attached hydrogens (tertiary/aromatic N) is 2. The molecule has 3 rings (SSSR count). The lowest BCUT2D eigenvalue weighted by Gasteiger charge is -2.26. The molecular formula is C11H9ClN2O3S. The van der Waals surface area contributed by atoms with E-state index in [1.54, 1.807) is 12.1 Å². The Labute approximate surface area is 113 Å². The number of rotatable bonds is 3. The van der Waals surface area contributed by atoms with Crippen LogP contribution in [0.3, 0.4) is 0 Å². The average molecular weight is 285 g/mol. The Morgan fingerprint density at radius 1 is 1.33 bits per heavy atom. The van der Waals surface area contributed by atoms with Gasteiger partial charge in [0.2, 0.25) is 5.89 Å². The van der Waals surface area contributed by atoms with E-state index in [1.807, 2.05) is 6.07 Å². The van der Waals surface area contributed by atoms with Crippen molar-refractivity contribution >= 4 is 24.2 Å². The zero-order valence-electron chi connectivity index (χ0n) is 9.17. The maximum Gasteiger partial charge on any atom is 0.273 e. The van der Waals surface area contributed by atoms with Crippen LogP contribution in [0.4, 0.5) is 0 Å². The van der Waals surface area contributed by atoms with E-state index in [0.717, 1.165) is 0 Å². The highest BCUT2D eigenvalue weighted by Gasteiger charge is 2.20. The Morgan fingerprint density at radius 3 is 2.72 bits per heavy atom.